The number of carbonyl (C=O) groups excluding carboxylic acids is 2. The van der Waals surface area contributed by atoms with Crippen molar-refractivity contribution in [2.75, 3.05) is 78.6 Å². The van der Waals surface area contributed by atoms with E-state index in [4.69, 9.17) is 9.47 Å². The number of nitrogens with zero attached hydrogens (tertiary/aromatic N) is 5. The molecule has 0 saturated carbocycles. The van der Waals surface area contributed by atoms with Crippen LogP contribution in [0.15, 0.2) is 42.5 Å². The van der Waals surface area contributed by atoms with E-state index in [9.17, 15) is 14.7 Å². The number of aromatic hydroxyl groups is 1. The Morgan fingerprint density at radius 2 is 1.80 bits per heavy atom. The minimum Gasteiger partial charge on any atom is -0.504 e. The minimum absolute atomic E-state index is 0.0303. The smallest absolute Gasteiger partial charge is 0.328 e. The van der Waals surface area contributed by atoms with Gasteiger partial charge in [-0.05, 0) is 41.8 Å². The summed E-state index contributed by atoms with van der Waals surface area (Å²) < 4.78 is 10.7. The number of carbonyl (C=O) groups is 2. The molecule has 1 N–H and O–H groups in total. The van der Waals surface area contributed by atoms with Gasteiger partial charge in [-0.15, -0.1) is 0 Å². The number of rotatable bonds is 8. The van der Waals surface area contributed by atoms with E-state index >= 15 is 0 Å². The summed E-state index contributed by atoms with van der Waals surface area (Å²) in [4.78, 5) is 38.3. The average Bonchev–Trinajstić information content (AvgIpc) is 3.53. The summed E-state index contributed by atoms with van der Waals surface area (Å²) >= 11 is 0. The van der Waals surface area contributed by atoms with Gasteiger partial charge in [0, 0.05) is 71.5 Å². The van der Waals surface area contributed by atoms with E-state index in [1.54, 1.807) is 12.1 Å². The molecule has 4 fully saturated rings. The maximum atomic E-state index is 14.3. The number of likely N-dealkylation sites (tertiary alicyclic amines) is 1. The number of ether oxygens (including phenoxy) is 2. The zero-order chi connectivity index (χ0) is 28.0. The van der Waals surface area contributed by atoms with Gasteiger partial charge in [0.25, 0.3) is 5.91 Å². The molecule has 6 rings (SSSR count). The fourth-order valence-corrected chi connectivity index (χ4v) is 7.05. The van der Waals surface area contributed by atoms with E-state index in [0.29, 0.717) is 51.7 Å². The van der Waals surface area contributed by atoms with Crippen molar-refractivity contribution in [2.45, 2.75) is 24.5 Å². The first-order chi connectivity index (χ1) is 19.3. The number of amides is 3. The molecule has 0 radical (unpaired) electrons. The standard InChI is InChI=1S/C30H39N5O5/c1-31(2)24-7-5-22(6-8-24)25-17-23-19-33(18-21-4-9-27(39-3)26(36)16-21)20-30(23)28(37)34(29(38)35(25)30)11-10-32-12-14-40-15-13-32/h4-9,16,23,25,36H,10-15,17-20H2,1-3H3/t23-,25-,30?/m1/s1. The van der Waals surface area contributed by atoms with Crippen LogP contribution in [0, 0.1) is 5.92 Å². The Labute approximate surface area is 235 Å². The normalized spacial score (nSPS) is 26.9. The lowest BCUT2D eigenvalue weighted by Crippen LogP contribution is -2.51. The highest BCUT2D eigenvalue weighted by Gasteiger charge is 2.70. The number of benzene rings is 2. The Bertz CT molecular complexity index is 1260. The highest BCUT2D eigenvalue weighted by atomic mass is 16.5. The lowest BCUT2D eigenvalue weighted by molar-refractivity contribution is -0.133. The van der Waals surface area contributed by atoms with Crippen LogP contribution in [0.1, 0.15) is 23.6 Å². The fraction of sp³-hybridized carbons (Fsp3) is 0.533. The third kappa shape index (κ3) is 4.48. The van der Waals surface area contributed by atoms with Crippen LogP contribution in [0.2, 0.25) is 0 Å². The number of urea groups is 1. The Kier molecular flexibility index (Phi) is 7.10. The molecule has 10 heteroatoms. The van der Waals surface area contributed by atoms with E-state index < -0.39 is 5.54 Å². The molecule has 10 nitrogen and oxygen atoms in total. The van der Waals surface area contributed by atoms with Gasteiger partial charge in [-0.3, -0.25) is 19.5 Å². The predicted molar refractivity (Wildman–Crippen MR) is 150 cm³/mol. The van der Waals surface area contributed by atoms with Crippen molar-refractivity contribution in [1.82, 2.24) is 19.6 Å². The zero-order valence-corrected chi connectivity index (χ0v) is 23.6. The molecule has 4 saturated heterocycles. The zero-order valence-electron chi connectivity index (χ0n) is 23.6. The first kappa shape index (κ1) is 26.9. The molecule has 4 aliphatic heterocycles. The molecule has 2 aromatic carbocycles. The fourth-order valence-electron chi connectivity index (χ4n) is 7.05. The van der Waals surface area contributed by atoms with Gasteiger partial charge >= 0.3 is 6.03 Å². The van der Waals surface area contributed by atoms with Crippen molar-refractivity contribution in [3.63, 3.8) is 0 Å². The molecule has 4 aliphatic rings. The second-order valence-corrected chi connectivity index (χ2v) is 11.6. The molecule has 0 aromatic heterocycles. The number of morpholine rings is 1. The third-order valence-electron chi connectivity index (χ3n) is 9.11. The van der Waals surface area contributed by atoms with Crippen molar-refractivity contribution in [2.24, 2.45) is 5.92 Å². The number of hydrogen-bond acceptors (Lipinski definition) is 8. The average molecular weight is 550 g/mol. The highest BCUT2D eigenvalue weighted by Crippen LogP contribution is 2.55. The summed E-state index contributed by atoms with van der Waals surface area (Å²) in [6.07, 6.45) is 0.750. The van der Waals surface area contributed by atoms with Gasteiger partial charge in [0.2, 0.25) is 0 Å². The Balaban J connectivity index is 1.27. The van der Waals surface area contributed by atoms with E-state index in [0.717, 1.165) is 36.3 Å². The summed E-state index contributed by atoms with van der Waals surface area (Å²) in [6.45, 7) is 5.83. The number of hydrogen-bond donors (Lipinski definition) is 1. The highest BCUT2D eigenvalue weighted by molar-refractivity contribution is 6.08. The molecule has 4 heterocycles. The Hall–Kier alpha value is -3.34. The summed E-state index contributed by atoms with van der Waals surface area (Å²) in [7, 11) is 5.55. The number of anilines is 1. The second-order valence-electron chi connectivity index (χ2n) is 11.6. The maximum Gasteiger partial charge on any atom is 0.328 e. The van der Waals surface area contributed by atoms with Gasteiger partial charge in [0.15, 0.2) is 11.5 Å². The molecule has 2 aromatic rings. The van der Waals surface area contributed by atoms with Gasteiger partial charge in [-0.2, -0.15) is 0 Å². The SMILES string of the molecule is COc1ccc(CN2C[C@H]3C[C@H](c4ccc(N(C)C)cc4)N4C(=O)N(CCN5CCOCC5)C(=O)C34C2)cc1O. The number of methoxy groups -OCH3 is 1. The summed E-state index contributed by atoms with van der Waals surface area (Å²) in [5.41, 5.74) is 2.24. The van der Waals surface area contributed by atoms with Crippen LogP contribution in [0.4, 0.5) is 10.5 Å². The largest absolute Gasteiger partial charge is 0.504 e. The molecule has 1 spiro atoms. The summed E-state index contributed by atoms with van der Waals surface area (Å²) in [5, 5.41) is 10.3. The lowest BCUT2D eigenvalue weighted by Gasteiger charge is -2.32. The van der Waals surface area contributed by atoms with Gasteiger partial charge in [-0.1, -0.05) is 18.2 Å². The first-order valence-corrected chi connectivity index (χ1v) is 14.1. The van der Waals surface area contributed by atoms with Crippen molar-refractivity contribution >= 4 is 17.6 Å². The molecule has 3 amide bonds. The number of imide groups is 1. The summed E-state index contributed by atoms with van der Waals surface area (Å²) in [6, 6.07) is 13.5. The van der Waals surface area contributed by atoms with E-state index in [1.165, 1.54) is 12.0 Å². The molecule has 214 valence electrons. The molecule has 0 bridgehead atoms. The molecule has 0 aliphatic carbocycles. The van der Waals surface area contributed by atoms with Gasteiger partial charge < -0.3 is 24.4 Å². The minimum atomic E-state index is -0.874. The van der Waals surface area contributed by atoms with Crippen molar-refractivity contribution < 1.29 is 24.2 Å². The quantitative estimate of drug-likeness (QED) is 0.503. The van der Waals surface area contributed by atoms with Crippen LogP contribution >= 0.6 is 0 Å². The van der Waals surface area contributed by atoms with Gasteiger partial charge in [0.1, 0.15) is 5.54 Å². The van der Waals surface area contributed by atoms with Gasteiger partial charge in [0.05, 0.1) is 26.4 Å². The van der Waals surface area contributed by atoms with Crippen molar-refractivity contribution in [3.05, 3.63) is 53.6 Å². The van der Waals surface area contributed by atoms with E-state index in [-0.39, 0.29) is 29.6 Å². The lowest BCUT2D eigenvalue weighted by atomic mass is 9.87. The molecule has 3 atom stereocenters. The number of phenolic OH excluding ortho intramolecular Hbond substituents is 1. The monoisotopic (exact) mass is 549 g/mol. The Morgan fingerprint density at radius 3 is 2.48 bits per heavy atom. The van der Waals surface area contributed by atoms with E-state index in [1.807, 2.05) is 25.1 Å². The molecule has 1 unspecified atom stereocenters. The molecular weight excluding hydrogens is 510 g/mol. The van der Waals surface area contributed by atoms with Crippen LogP contribution in [0.3, 0.4) is 0 Å². The molecule has 40 heavy (non-hydrogen) atoms. The topological polar surface area (TPSA) is 89.0 Å². The van der Waals surface area contributed by atoms with Crippen LogP contribution < -0.4 is 9.64 Å². The second kappa shape index (κ2) is 10.6. The first-order valence-electron chi connectivity index (χ1n) is 14.1. The molecular formula is C30H39N5O5. The third-order valence-corrected chi connectivity index (χ3v) is 9.11. The van der Waals surface area contributed by atoms with Crippen LogP contribution in [-0.4, -0.2) is 116 Å². The number of phenols is 1. The van der Waals surface area contributed by atoms with Crippen molar-refractivity contribution in [1.29, 1.82) is 0 Å². The van der Waals surface area contributed by atoms with E-state index in [2.05, 4.69) is 39.0 Å². The predicted octanol–water partition coefficient (Wildman–Crippen LogP) is 2.38. The van der Waals surface area contributed by atoms with Crippen molar-refractivity contribution in [3.8, 4) is 11.5 Å². The summed E-state index contributed by atoms with van der Waals surface area (Å²) in [5.74, 6) is 0.496. The van der Waals surface area contributed by atoms with Gasteiger partial charge in [-0.25, -0.2) is 4.79 Å². The maximum absolute atomic E-state index is 14.3. The van der Waals surface area contributed by atoms with Crippen LogP contribution in [-0.2, 0) is 16.1 Å². The Morgan fingerprint density at radius 1 is 1.05 bits per heavy atom. The van der Waals surface area contributed by atoms with Crippen LogP contribution in [0.5, 0.6) is 11.5 Å². The van der Waals surface area contributed by atoms with Crippen LogP contribution in [0.25, 0.3) is 0 Å².